The summed E-state index contributed by atoms with van der Waals surface area (Å²) >= 11 is 0. The molecule has 0 aromatic rings. The third-order valence-electron chi connectivity index (χ3n) is 3.05. The Bertz CT molecular complexity index is 262. The van der Waals surface area contributed by atoms with E-state index >= 15 is 0 Å². The summed E-state index contributed by atoms with van der Waals surface area (Å²) in [6.45, 7) is 7.23. The molecular formula is C10H17NO3. The van der Waals surface area contributed by atoms with Crippen LogP contribution in [-0.2, 0) is 14.3 Å². The van der Waals surface area contributed by atoms with Crippen LogP contribution < -0.4 is 5.32 Å². The van der Waals surface area contributed by atoms with Crippen LogP contribution in [0, 0.1) is 11.3 Å². The smallest absolute Gasteiger partial charge is 0.304 e. The first-order valence-corrected chi connectivity index (χ1v) is 4.93. The topological polar surface area (TPSA) is 55.4 Å². The predicted octanol–water partition coefficient (Wildman–Crippen LogP) is 1.06. The molecular weight excluding hydrogens is 182 g/mol. The Morgan fingerprint density at radius 3 is 2.50 bits per heavy atom. The van der Waals surface area contributed by atoms with Gasteiger partial charge in [-0.25, -0.2) is 0 Å². The van der Waals surface area contributed by atoms with Gasteiger partial charge in [-0.1, -0.05) is 20.8 Å². The maximum atomic E-state index is 11.5. The van der Waals surface area contributed by atoms with E-state index in [4.69, 9.17) is 4.74 Å². The molecule has 1 aliphatic heterocycles. The Labute approximate surface area is 84.0 Å². The molecule has 0 aromatic carbocycles. The van der Waals surface area contributed by atoms with Gasteiger partial charge in [0.2, 0.25) is 5.91 Å². The minimum atomic E-state index is -0.522. The van der Waals surface area contributed by atoms with Crippen molar-refractivity contribution in [3.05, 3.63) is 0 Å². The van der Waals surface area contributed by atoms with Gasteiger partial charge in [0.1, 0.15) is 5.41 Å². The van der Waals surface area contributed by atoms with Gasteiger partial charge >= 0.3 is 5.97 Å². The van der Waals surface area contributed by atoms with Crippen LogP contribution in [0.2, 0.25) is 0 Å². The molecule has 0 aliphatic carbocycles. The van der Waals surface area contributed by atoms with Gasteiger partial charge < -0.3 is 10.1 Å². The Balaban J connectivity index is 2.81. The maximum Gasteiger partial charge on any atom is 0.304 e. The summed E-state index contributed by atoms with van der Waals surface area (Å²) in [5.41, 5.74) is -0.522. The standard InChI is InChI=1S/C10H17NO3/c1-5-10(6(2)3)8(13)11-9(10)14-7(4)12/h6,9H,5H2,1-4H3,(H,11,13)/t9?,10-/m1/s1. The highest BCUT2D eigenvalue weighted by molar-refractivity contribution is 5.90. The summed E-state index contributed by atoms with van der Waals surface area (Å²) in [6.07, 6.45) is 0.242. The van der Waals surface area contributed by atoms with Crippen LogP contribution in [-0.4, -0.2) is 18.1 Å². The molecule has 0 bridgehead atoms. The van der Waals surface area contributed by atoms with Crippen LogP contribution in [0.3, 0.4) is 0 Å². The van der Waals surface area contributed by atoms with E-state index in [0.717, 1.165) is 0 Å². The van der Waals surface area contributed by atoms with E-state index in [9.17, 15) is 9.59 Å². The van der Waals surface area contributed by atoms with E-state index in [1.807, 2.05) is 20.8 Å². The zero-order valence-electron chi connectivity index (χ0n) is 9.09. The molecule has 1 fully saturated rings. The van der Waals surface area contributed by atoms with Crippen LogP contribution in [0.4, 0.5) is 0 Å². The molecule has 1 aliphatic rings. The molecule has 1 heterocycles. The number of ether oxygens (including phenoxy) is 1. The minimum Gasteiger partial charge on any atom is -0.441 e. The van der Waals surface area contributed by atoms with Crippen molar-refractivity contribution in [3.63, 3.8) is 0 Å². The molecule has 1 N–H and O–H groups in total. The lowest BCUT2D eigenvalue weighted by Gasteiger charge is -2.49. The number of rotatable bonds is 3. The molecule has 4 heteroatoms. The Morgan fingerprint density at radius 1 is 1.64 bits per heavy atom. The lowest BCUT2D eigenvalue weighted by molar-refractivity contribution is -0.189. The molecule has 1 saturated heterocycles. The van der Waals surface area contributed by atoms with Crippen molar-refractivity contribution in [1.82, 2.24) is 5.32 Å². The van der Waals surface area contributed by atoms with Crippen molar-refractivity contribution in [1.29, 1.82) is 0 Å². The molecule has 0 saturated carbocycles. The number of hydrogen-bond donors (Lipinski definition) is 1. The lowest BCUT2D eigenvalue weighted by atomic mass is 9.67. The molecule has 2 atom stereocenters. The zero-order valence-corrected chi connectivity index (χ0v) is 9.09. The maximum absolute atomic E-state index is 11.5. The van der Waals surface area contributed by atoms with E-state index in [-0.39, 0.29) is 17.8 Å². The summed E-state index contributed by atoms with van der Waals surface area (Å²) in [6, 6.07) is 0. The number of esters is 1. The Morgan fingerprint density at radius 2 is 2.21 bits per heavy atom. The summed E-state index contributed by atoms with van der Waals surface area (Å²) in [5, 5.41) is 2.62. The molecule has 1 amide bonds. The molecule has 1 unspecified atom stereocenters. The summed E-state index contributed by atoms with van der Waals surface area (Å²) in [5.74, 6) is -0.194. The van der Waals surface area contributed by atoms with Crippen LogP contribution in [0.5, 0.6) is 0 Å². The molecule has 0 radical (unpaired) electrons. The number of carbonyl (C=O) groups is 2. The highest BCUT2D eigenvalue weighted by Gasteiger charge is 2.57. The lowest BCUT2D eigenvalue weighted by Crippen LogP contribution is -2.70. The van der Waals surface area contributed by atoms with Gasteiger partial charge in [-0.05, 0) is 12.3 Å². The highest BCUT2D eigenvalue weighted by atomic mass is 16.6. The first-order valence-electron chi connectivity index (χ1n) is 4.93. The summed E-state index contributed by atoms with van der Waals surface area (Å²) in [7, 11) is 0. The predicted molar refractivity (Wildman–Crippen MR) is 51.3 cm³/mol. The van der Waals surface area contributed by atoms with Gasteiger partial charge in [0.25, 0.3) is 0 Å². The van der Waals surface area contributed by atoms with Crippen molar-refractivity contribution in [3.8, 4) is 0 Å². The highest BCUT2D eigenvalue weighted by Crippen LogP contribution is 2.42. The van der Waals surface area contributed by atoms with Crippen molar-refractivity contribution in [2.45, 2.75) is 40.3 Å². The van der Waals surface area contributed by atoms with Gasteiger partial charge in [-0.3, -0.25) is 9.59 Å². The molecule has 1 rings (SSSR count). The van der Waals surface area contributed by atoms with E-state index in [1.54, 1.807) is 0 Å². The number of nitrogens with one attached hydrogen (secondary N) is 1. The first-order chi connectivity index (χ1) is 6.45. The average molecular weight is 199 g/mol. The minimum absolute atomic E-state index is 0.0127. The summed E-state index contributed by atoms with van der Waals surface area (Å²) < 4.78 is 5.05. The normalized spacial score (nSPS) is 30.9. The second-order valence-electron chi connectivity index (χ2n) is 4.01. The van der Waals surface area contributed by atoms with Gasteiger partial charge in [-0.15, -0.1) is 0 Å². The second kappa shape index (κ2) is 3.59. The molecule has 0 spiro atoms. The zero-order chi connectivity index (χ0) is 10.9. The fourth-order valence-corrected chi connectivity index (χ4v) is 2.04. The largest absolute Gasteiger partial charge is 0.441 e. The number of carbonyl (C=O) groups excluding carboxylic acids is 2. The first kappa shape index (κ1) is 11.0. The Hall–Kier alpha value is -1.06. The van der Waals surface area contributed by atoms with E-state index in [1.165, 1.54) is 6.92 Å². The average Bonchev–Trinajstić information content (AvgIpc) is 2.03. The monoisotopic (exact) mass is 199 g/mol. The second-order valence-corrected chi connectivity index (χ2v) is 4.01. The SMILES string of the molecule is CC[C@@]1(C(C)C)C(=O)NC1OC(C)=O. The third kappa shape index (κ3) is 1.38. The molecule has 14 heavy (non-hydrogen) atoms. The number of hydrogen-bond acceptors (Lipinski definition) is 3. The molecule has 80 valence electrons. The fourth-order valence-electron chi connectivity index (χ4n) is 2.04. The van der Waals surface area contributed by atoms with Crippen molar-refractivity contribution in [2.24, 2.45) is 11.3 Å². The van der Waals surface area contributed by atoms with E-state index in [2.05, 4.69) is 5.32 Å². The number of β-lactam (4-membered cyclic amide) rings is 1. The van der Waals surface area contributed by atoms with Crippen molar-refractivity contribution < 1.29 is 14.3 Å². The van der Waals surface area contributed by atoms with Crippen molar-refractivity contribution in [2.75, 3.05) is 0 Å². The fraction of sp³-hybridized carbons (Fsp3) is 0.800. The van der Waals surface area contributed by atoms with E-state index in [0.29, 0.717) is 6.42 Å². The Kier molecular flexibility index (Phi) is 2.83. The van der Waals surface area contributed by atoms with Crippen LogP contribution in [0.25, 0.3) is 0 Å². The van der Waals surface area contributed by atoms with Gasteiger partial charge in [0.15, 0.2) is 6.23 Å². The van der Waals surface area contributed by atoms with E-state index < -0.39 is 11.6 Å². The molecule has 4 nitrogen and oxygen atoms in total. The van der Waals surface area contributed by atoms with Crippen molar-refractivity contribution >= 4 is 11.9 Å². The summed E-state index contributed by atoms with van der Waals surface area (Å²) in [4.78, 5) is 22.3. The van der Waals surface area contributed by atoms with Crippen LogP contribution >= 0.6 is 0 Å². The van der Waals surface area contributed by atoms with Crippen LogP contribution in [0.1, 0.15) is 34.1 Å². The quantitative estimate of drug-likeness (QED) is 0.546. The van der Waals surface area contributed by atoms with Gasteiger partial charge in [0.05, 0.1) is 0 Å². The van der Waals surface area contributed by atoms with Crippen LogP contribution in [0.15, 0.2) is 0 Å². The van der Waals surface area contributed by atoms with Gasteiger partial charge in [0, 0.05) is 6.92 Å². The van der Waals surface area contributed by atoms with Gasteiger partial charge in [-0.2, -0.15) is 0 Å². The molecule has 0 aromatic heterocycles. The third-order valence-corrected chi connectivity index (χ3v) is 3.05. The number of amides is 1.